The third-order valence-electron chi connectivity index (χ3n) is 6.63. The Morgan fingerprint density at radius 1 is 1.19 bits per heavy atom. The van der Waals surface area contributed by atoms with Crippen molar-refractivity contribution in [1.29, 1.82) is 0 Å². The zero-order chi connectivity index (χ0) is 18.1. The summed E-state index contributed by atoms with van der Waals surface area (Å²) in [7, 11) is 0. The van der Waals surface area contributed by atoms with Crippen LogP contribution < -0.4 is 0 Å². The van der Waals surface area contributed by atoms with Crippen molar-refractivity contribution < 1.29 is 9.59 Å². The number of aromatic nitrogens is 2. The highest BCUT2D eigenvalue weighted by Gasteiger charge is 2.48. The van der Waals surface area contributed by atoms with E-state index >= 15 is 0 Å². The minimum absolute atomic E-state index is 0.177. The Hall–Kier alpha value is -1.85. The smallest absolute Gasteiger partial charge is 0.230 e. The van der Waals surface area contributed by atoms with Crippen LogP contribution in [-0.2, 0) is 28.9 Å². The molecule has 0 aromatic carbocycles. The zero-order valence-corrected chi connectivity index (χ0v) is 15.9. The number of rotatable bonds is 4. The van der Waals surface area contributed by atoms with E-state index in [1.54, 1.807) is 0 Å². The van der Waals surface area contributed by atoms with Crippen molar-refractivity contribution in [3.05, 3.63) is 17.0 Å². The Labute approximate surface area is 155 Å². The molecule has 6 heteroatoms. The number of aromatic amines is 1. The van der Waals surface area contributed by atoms with E-state index in [2.05, 4.69) is 10.2 Å². The number of piperidine rings is 1. The van der Waals surface area contributed by atoms with Gasteiger partial charge >= 0.3 is 0 Å². The van der Waals surface area contributed by atoms with Crippen LogP contribution in [-0.4, -0.2) is 58.0 Å². The van der Waals surface area contributed by atoms with Crippen LogP contribution in [0.3, 0.4) is 0 Å². The van der Waals surface area contributed by atoms with Gasteiger partial charge in [-0.15, -0.1) is 0 Å². The fraction of sp³-hybridized carbons (Fsp3) is 0.750. The van der Waals surface area contributed by atoms with E-state index in [4.69, 9.17) is 0 Å². The molecule has 1 N–H and O–H groups in total. The van der Waals surface area contributed by atoms with E-state index in [1.807, 2.05) is 16.7 Å². The fourth-order valence-corrected chi connectivity index (χ4v) is 5.06. The number of H-pyrrole nitrogens is 1. The SMILES string of the molecule is CCN1CCC[C@@]2(CCN(C(=O)CCc3n[nH]c4c3CCCC4)C2)C1=O. The van der Waals surface area contributed by atoms with Crippen LogP contribution in [0.4, 0.5) is 0 Å². The molecule has 2 amide bonds. The third-order valence-corrected chi connectivity index (χ3v) is 6.63. The summed E-state index contributed by atoms with van der Waals surface area (Å²) >= 11 is 0. The summed E-state index contributed by atoms with van der Waals surface area (Å²) in [6, 6.07) is 0. The van der Waals surface area contributed by atoms with Gasteiger partial charge in [-0.25, -0.2) is 0 Å². The molecule has 3 heterocycles. The summed E-state index contributed by atoms with van der Waals surface area (Å²) in [5.41, 5.74) is 3.39. The quantitative estimate of drug-likeness (QED) is 0.896. The third kappa shape index (κ3) is 3.03. The van der Waals surface area contributed by atoms with Gasteiger partial charge in [0.25, 0.3) is 0 Å². The summed E-state index contributed by atoms with van der Waals surface area (Å²) in [6.07, 6.45) is 8.64. The fourth-order valence-electron chi connectivity index (χ4n) is 5.06. The largest absolute Gasteiger partial charge is 0.342 e. The molecule has 3 aliphatic rings. The molecule has 2 aliphatic heterocycles. The molecule has 2 saturated heterocycles. The van der Waals surface area contributed by atoms with Gasteiger partial charge in [0, 0.05) is 44.7 Å². The molecule has 0 saturated carbocycles. The molecule has 6 nitrogen and oxygen atoms in total. The number of fused-ring (bicyclic) bond motifs is 1. The van der Waals surface area contributed by atoms with E-state index in [9.17, 15) is 9.59 Å². The van der Waals surface area contributed by atoms with Crippen LogP contribution in [0.25, 0.3) is 0 Å². The molecule has 26 heavy (non-hydrogen) atoms. The molecule has 4 rings (SSSR count). The maximum Gasteiger partial charge on any atom is 0.230 e. The van der Waals surface area contributed by atoms with Crippen molar-refractivity contribution in [2.24, 2.45) is 5.41 Å². The lowest BCUT2D eigenvalue weighted by atomic mass is 9.78. The molecule has 1 aromatic heterocycles. The van der Waals surface area contributed by atoms with Crippen LogP contribution in [0.1, 0.15) is 62.4 Å². The lowest BCUT2D eigenvalue weighted by molar-refractivity contribution is -0.145. The first-order valence-corrected chi connectivity index (χ1v) is 10.2. The van der Waals surface area contributed by atoms with Crippen molar-refractivity contribution in [3.63, 3.8) is 0 Å². The van der Waals surface area contributed by atoms with Gasteiger partial charge in [0.1, 0.15) is 0 Å². The van der Waals surface area contributed by atoms with Crippen LogP contribution in [0.15, 0.2) is 0 Å². The van der Waals surface area contributed by atoms with Crippen LogP contribution in [0.5, 0.6) is 0 Å². The highest BCUT2D eigenvalue weighted by Crippen LogP contribution is 2.40. The predicted octanol–water partition coefficient (Wildman–Crippen LogP) is 2.08. The van der Waals surface area contributed by atoms with Crippen molar-refractivity contribution in [3.8, 4) is 0 Å². The molecule has 0 radical (unpaired) electrons. The van der Waals surface area contributed by atoms with E-state index in [0.29, 0.717) is 19.4 Å². The molecule has 2 fully saturated rings. The Kier molecular flexibility index (Phi) is 4.76. The Bertz CT molecular complexity index is 698. The van der Waals surface area contributed by atoms with Gasteiger partial charge < -0.3 is 9.80 Å². The summed E-state index contributed by atoms with van der Waals surface area (Å²) in [5.74, 6) is 0.443. The monoisotopic (exact) mass is 358 g/mol. The summed E-state index contributed by atoms with van der Waals surface area (Å²) in [5, 5.41) is 7.61. The number of likely N-dealkylation sites (tertiary alicyclic amines) is 2. The van der Waals surface area contributed by atoms with E-state index < -0.39 is 0 Å². The number of aryl methyl sites for hydroxylation is 2. The number of hydrogen-bond donors (Lipinski definition) is 1. The second kappa shape index (κ2) is 7.05. The molecule has 0 bridgehead atoms. The standard InChI is InChI=1S/C20H30N4O2/c1-2-23-12-5-10-20(19(23)26)11-13-24(14-20)18(25)9-8-17-15-6-3-4-7-16(15)21-22-17/h2-14H2,1H3,(H,21,22)/t20-/m0/s1. The number of nitrogens with zero attached hydrogens (tertiary/aromatic N) is 3. The number of nitrogens with one attached hydrogen (secondary N) is 1. The van der Waals surface area contributed by atoms with E-state index in [1.165, 1.54) is 24.1 Å². The highest BCUT2D eigenvalue weighted by molar-refractivity contribution is 5.86. The van der Waals surface area contributed by atoms with Gasteiger partial charge in [-0.05, 0) is 57.4 Å². The summed E-state index contributed by atoms with van der Waals surface area (Å²) < 4.78 is 0. The Balaban J connectivity index is 1.36. The molecular weight excluding hydrogens is 328 g/mol. The van der Waals surface area contributed by atoms with E-state index in [-0.39, 0.29) is 17.2 Å². The average Bonchev–Trinajstić information content (AvgIpc) is 3.27. The highest BCUT2D eigenvalue weighted by atomic mass is 16.2. The second-order valence-electron chi connectivity index (χ2n) is 8.17. The maximum absolute atomic E-state index is 12.8. The van der Waals surface area contributed by atoms with Gasteiger partial charge in [-0.1, -0.05) is 0 Å². The number of carbonyl (C=O) groups excluding carboxylic acids is 2. The lowest BCUT2D eigenvalue weighted by Crippen LogP contribution is -2.50. The first kappa shape index (κ1) is 17.6. The molecule has 1 spiro atoms. The van der Waals surface area contributed by atoms with Crippen molar-refractivity contribution in [1.82, 2.24) is 20.0 Å². The first-order chi connectivity index (χ1) is 12.6. The average molecular weight is 358 g/mol. The van der Waals surface area contributed by atoms with Gasteiger partial charge in [-0.2, -0.15) is 5.10 Å². The molecule has 0 unspecified atom stereocenters. The molecule has 142 valence electrons. The maximum atomic E-state index is 12.8. The number of carbonyl (C=O) groups is 2. The molecule has 1 aromatic rings. The first-order valence-electron chi connectivity index (χ1n) is 10.2. The lowest BCUT2D eigenvalue weighted by Gasteiger charge is -2.38. The molecule has 1 atom stereocenters. The van der Waals surface area contributed by atoms with Gasteiger partial charge in [0.2, 0.25) is 11.8 Å². The van der Waals surface area contributed by atoms with Gasteiger partial charge in [0.05, 0.1) is 11.1 Å². The van der Waals surface area contributed by atoms with E-state index in [0.717, 1.165) is 57.4 Å². The minimum atomic E-state index is -0.310. The Morgan fingerprint density at radius 3 is 2.88 bits per heavy atom. The summed E-state index contributed by atoms with van der Waals surface area (Å²) in [6.45, 7) is 5.02. The van der Waals surface area contributed by atoms with Crippen LogP contribution in [0, 0.1) is 5.41 Å². The topological polar surface area (TPSA) is 69.3 Å². The minimum Gasteiger partial charge on any atom is -0.342 e. The van der Waals surface area contributed by atoms with Crippen molar-refractivity contribution >= 4 is 11.8 Å². The van der Waals surface area contributed by atoms with Crippen molar-refractivity contribution in [2.45, 2.75) is 64.7 Å². The second-order valence-corrected chi connectivity index (χ2v) is 8.17. The van der Waals surface area contributed by atoms with Gasteiger partial charge in [-0.3, -0.25) is 14.7 Å². The van der Waals surface area contributed by atoms with Gasteiger partial charge in [0.15, 0.2) is 0 Å². The Morgan fingerprint density at radius 2 is 2.04 bits per heavy atom. The normalized spacial score (nSPS) is 25.8. The predicted molar refractivity (Wildman–Crippen MR) is 98.7 cm³/mol. The molecule has 1 aliphatic carbocycles. The zero-order valence-electron chi connectivity index (χ0n) is 15.9. The summed E-state index contributed by atoms with van der Waals surface area (Å²) in [4.78, 5) is 29.5. The number of hydrogen-bond acceptors (Lipinski definition) is 3. The van der Waals surface area contributed by atoms with Crippen molar-refractivity contribution in [2.75, 3.05) is 26.2 Å². The molecular formula is C20H30N4O2. The number of amides is 2. The van der Waals surface area contributed by atoms with Crippen LogP contribution >= 0.6 is 0 Å². The van der Waals surface area contributed by atoms with Crippen LogP contribution in [0.2, 0.25) is 0 Å².